The lowest BCUT2D eigenvalue weighted by Gasteiger charge is -2.37. The zero-order chi connectivity index (χ0) is 16.4. The van der Waals surface area contributed by atoms with Crippen LogP contribution in [-0.4, -0.2) is 21.1 Å². The van der Waals surface area contributed by atoms with Gasteiger partial charge >= 0.3 is 0 Å². The molecule has 0 fully saturated rings. The van der Waals surface area contributed by atoms with E-state index in [9.17, 15) is 5.11 Å². The smallest absolute Gasteiger partial charge is 0.0759 e. The fourth-order valence-electron chi connectivity index (χ4n) is 3.60. The third-order valence-corrected chi connectivity index (χ3v) is 4.84. The molecule has 0 saturated carbocycles. The minimum atomic E-state index is 0.101. The second-order valence-corrected chi connectivity index (χ2v) is 6.38. The molecule has 0 amide bonds. The van der Waals surface area contributed by atoms with Crippen LogP contribution in [0.1, 0.15) is 28.4 Å². The lowest BCUT2D eigenvalue weighted by Crippen LogP contribution is -2.37. The van der Waals surface area contributed by atoms with Crippen molar-refractivity contribution in [2.75, 3.05) is 6.54 Å². The van der Waals surface area contributed by atoms with Crippen LogP contribution in [0.3, 0.4) is 0 Å². The maximum absolute atomic E-state index is 9.21. The maximum atomic E-state index is 9.21. The molecule has 1 unspecified atom stereocenters. The Hall–Kier alpha value is -2.36. The molecule has 3 aromatic rings. The predicted octanol–water partition coefficient (Wildman–Crippen LogP) is 3.59. The zero-order valence-electron chi connectivity index (χ0n) is 13.7. The van der Waals surface area contributed by atoms with Gasteiger partial charge in [0.25, 0.3) is 0 Å². The standard InChI is InChI=1S/C21H22N2O/c24-16-18-10-8-17(9-11-18)15-23-14-13-22-12-4-7-20(22)21(23)19-5-2-1-3-6-19/h1-12,21,24H,13-16H2. The highest BCUT2D eigenvalue weighted by Crippen LogP contribution is 2.33. The van der Waals surface area contributed by atoms with E-state index in [0.29, 0.717) is 0 Å². The number of nitrogens with zero attached hydrogens (tertiary/aromatic N) is 2. The fourth-order valence-corrected chi connectivity index (χ4v) is 3.60. The monoisotopic (exact) mass is 318 g/mol. The zero-order valence-corrected chi connectivity index (χ0v) is 13.7. The average molecular weight is 318 g/mol. The lowest BCUT2D eigenvalue weighted by atomic mass is 9.99. The summed E-state index contributed by atoms with van der Waals surface area (Å²) < 4.78 is 2.36. The Labute approximate surface area is 142 Å². The van der Waals surface area contributed by atoms with E-state index in [1.165, 1.54) is 16.8 Å². The molecule has 122 valence electrons. The number of aliphatic hydroxyl groups excluding tert-OH is 1. The molecule has 2 aromatic carbocycles. The van der Waals surface area contributed by atoms with Gasteiger partial charge < -0.3 is 9.67 Å². The molecule has 2 heterocycles. The highest BCUT2D eigenvalue weighted by Gasteiger charge is 2.28. The maximum Gasteiger partial charge on any atom is 0.0759 e. The Kier molecular flexibility index (Phi) is 4.20. The third-order valence-electron chi connectivity index (χ3n) is 4.84. The van der Waals surface area contributed by atoms with Crippen LogP contribution in [0.25, 0.3) is 0 Å². The largest absolute Gasteiger partial charge is 0.392 e. The van der Waals surface area contributed by atoms with Gasteiger partial charge in [-0.05, 0) is 28.8 Å². The number of aromatic nitrogens is 1. The second kappa shape index (κ2) is 6.63. The molecule has 24 heavy (non-hydrogen) atoms. The fraction of sp³-hybridized carbons (Fsp3) is 0.238. The summed E-state index contributed by atoms with van der Waals surface area (Å²) in [6, 6.07) is 23.7. The van der Waals surface area contributed by atoms with Crippen molar-refractivity contribution in [3.8, 4) is 0 Å². The molecule has 1 atom stereocenters. The van der Waals surface area contributed by atoms with Crippen LogP contribution in [0, 0.1) is 0 Å². The van der Waals surface area contributed by atoms with Gasteiger partial charge in [-0.2, -0.15) is 0 Å². The van der Waals surface area contributed by atoms with E-state index in [2.05, 4.69) is 70.3 Å². The first-order valence-electron chi connectivity index (χ1n) is 8.48. The van der Waals surface area contributed by atoms with Crippen molar-refractivity contribution < 1.29 is 5.11 Å². The minimum absolute atomic E-state index is 0.101. The topological polar surface area (TPSA) is 28.4 Å². The molecule has 4 rings (SSSR count). The van der Waals surface area contributed by atoms with Crippen LogP contribution in [0.2, 0.25) is 0 Å². The Morgan fingerprint density at radius 3 is 2.33 bits per heavy atom. The molecule has 1 aliphatic heterocycles. The highest BCUT2D eigenvalue weighted by atomic mass is 16.3. The minimum Gasteiger partial charge on any atom is -0.392 e. The van der Waals surface area contributed by atoms with Crippen molar-refractivity contribution in [3.05, 3.63) is 95.3 Å². The van der Waals surface area contributed by atoms with Crippen molar-refractivity contribution in [2.24, 2.45) is 0 Å². The number of rotatable bonds is 4. The van der Waals surface area contributed by atoms with E-state index in [4.69, 9.17) is 0 Å². The first-order chi connectivity index (χ1) is 11.8. The summed E-state index contributed by atoms with van der Waals surface area (Å²) >= 11 is 0. The normalized spacial score (nSPS) is 17.6. The van der Waals surface area contributed by atoms with Crippen molar-refractivity contribution in [3.63, 3.8) is 0 Å². The van der Waals surface area contributed by atoms with E-state index in [-0.39, 0.29) is 12.6 Å². The van der Waals surface area contributed by atoms with Crippen molar-refractivity contribution in [1.82, 2.24) is 9.47 Å². The van der Waals surface area contributed by atoms with Crippen LogP contribution in [0.15, 0.2) is 72.9 Å². The van der Waals surface area contributed by atoms with E-state index in [1.54, 1.807) is 0 Å². The molecule has 0 radical (unpaired) electrons. The molecular formula is C21H22N2O. The summed E-state index contributed by atoms with van der Waals surface area (Å²) in [6.07, 6.45) is 2.18. The summed E-state index contributed by atoms with van der Waals surface area (Å²) in [4.78, 5) is 2.54. The van der Waals surface area contributed by atoms with Crippen LogP contribution >= 0.6 is 0 Å². The van der Waals surface area contributed by atoms with Gasteiger partial charge in [0.15, 0.2) is 0 Å². The Bertz CT molecular complexity index is 792. The number of aliphatic hydroxyl groups is 1. The summed E-state index contributed by atoms with van der Waals surface area (Å²) in [5, 5.41) is 9.21. The van der Waals surface area contributed by atoms with Gasteiger partial charge in [-0.15, -0.1) is 0 Å². The van der Waals surface area contributed by atoms with Gasteiger partial charge in [0, 0.05) is 31.5 Å². The molecule has 3 heteroatoms. The molecular weight excluding hydrogens is 296 g/mol. The van der Waals surface area contributed by atoms with Crippen molar-refractivity contribution >= 4 is 0 Å². The third kappa shape index (κ3) is 2.88. The molecule has 1 N–H and O–H groups in total. The number of benzene rings is 2. The quantitative estimate of drug-likeness (QED) is 0.796. The van der Waals surface area contributed by atoms with E-state index >= 15 is 0 Å². The average Bonchev–Trinajstić information content (AvgIpc) is 3.11. The first kappa shape index (κ1) is 15.2. The summed E-state index contributed by atoms with van der Waals surface area (Å²) in [6.45, 7) is 3.07. The van der Waals surface area contributed by atoms with Gasteiger partial charge in [0.1, 0.15) is 0 Å². The second-order valence-electron chi connectivity index (χ2n) is 6.38. The first-order valence-corrected chi connectivity index (χ1v) is 8.48. The van der Waals surface area contributed by atoms with Gasteiger partial charge in [-0.1, -0.05) is 54.6 Å². The molecule has 1 aromatic heterocycles. The van der Waals surface area contributed by atoms with Crippen LogP contribution in [0.4, 0.5) is 0 Å². The summed E-state index contributed by atoms with van der Waals surface area (Å²) in [5.74, 6) is 0. The molecule has 3 nitrogen and oxygen atoms in total. The van der Waals surface area contributed by atoms with E-state index in [0.717, 1.165) is 25.2 Å². The molecule has 1 aliphatic rings. The number of hydrogen-bond acceptors (Lipinski definition) is 2. The predicted molar refractivity (Wildman–Crippen MR) is 95.5 cm³/mol. The summed E-state index contributed by atoms with van der Waals surface area (Å²) in [5.41, 5.74) is 4.95. The Morgan fingerprint density at radius 2 is 1.58 bits per heavy atom. The highest BCUT2D eigenvalue weighted by molar-refractivity contribution is 5.31. The van der Waals surface area contributed by atoms with E-state index in [1.807, 2.05) is 12.1 Å². The summed E-state index contributed by atoms with van der Waals surface area (Å²) in [7, 11) is 0. The van der Waals surface area contributed by atoms with E-state index < -0.39 is 0 Å². The van der Waals surface area contributed by atoms with Gasteiger partial charge in [0.05, 0.1) is 12.6 Å². The Morgan fingerprint density at radius 1 is 0.833 bits per heavy atom. The van der Waals surface area contributed by atoms with Gasteiger partial charge in [-0.3, -0.25) is 4.90 Å². The number of fused-ring (bicyclic) bond motifs is 1. The Balaban J connectivity index is 1.65. The SMILES string of the molecule is OCc1ccc(CN2CCn3cccc3C2c2ccccc2)cc1. The molecule has 0 spiro atoms. The van der Waals surface area contributed by atoms with Crippen molar-refractivity contribution in [1.29, 1.82) is 0 Å². The molecule has 0 saturated heterocycles. The molecule has 0 aliphatic carbocycles. The van der Waals surface area contributed by atoms with Crippen LogP contribution in [-0.2, 0) is 19.7 Å². The van der Waals surface area contributed by atoms with Crippen LogP contribution < -0.4 is 0 Å². The number of hydrogen-bond donors (Lipinski definition) is 1. The lowest BCUT2D eigenvalue weighted by molar-refractivity contribution is 0.174. The van der Waals surface area contributed by atoms with Crippen molar-refractivity contribution in [2.45, 2.75) is 25.7 Å². The molecule has 0 bridgehead atoms. The van der Waals surface area contributed by atoms with Crippen LogP contribution in [0.5, 0.6) is 0 Å². The van der Waals surface area contributed by atoms with Gasteiger partial charge in [0.2, 0.25) is 0 Å². The van der Waals surface area contributed by atoms with Gasteiger partial charge in [-0.25, -0.2) is 0 Å².